The summed E-state index contributed by atoms with van der Waals surface area (Å²) in [5.41, 5.74) is 5.16. The molecule has 2 aliphatic rings. The van der Waals surface area contributed by atoms with E-state index in [0.717, 1.165) is 35.4 Å². The highest BCUT2D eigenvalue weighted by Gasteiger charge is 2.36. The minimum absolute atomic E-state index is 0.0356. The Balaban J connectivity index is 2.18. The van der Waals surface area contributed by atoms with E-state index in [-0.39, 0.29) is 10.8 Å². The third kappa shape index (κ3) is 2.49. The molecule has 0 aliphatic heterocycles. The quantitative estimate of drug-likeness (QED) is 0.569. The maximum Gasteiger partial charge on any atom is 0.0891 e. The van der Waals surface area contributed by atoms with Gasteiger partial charge in [-0.05, 0) is 42.6 Å². The molecule has 0 fully saturated rings. The van der Waals surface area contributed by atoms with Crippen LogP contribution in [0.25, 0.3) is 0 Å². The Kier molecular flexibility index (Phi) is 3.27. The number of oxime groups is 2. The molecule has 22 heavy (non-hydrogen) atoms. The van der Waals surface area contributed by atoms with Gasteiger partial charge in [-0.1, -0.05) is 38.0 Å². The molecule has 0 spiro atoms. The smallest absolute Gasteiger partial charge is 0.0891 e. The summed E-state index contributed by atoms with van der Waals surface area (Å²) in [6.45, 7) is 8.64. The number of nitrogens with zero attached hydrogens (tertiary/aromatic N) is 3. The molecule has 0 unspecified atom stereocenters. The molecule has 118 valence electrons. The molecule has 0 aromatic carbocycles. The zero-order valence-electron chi connectivity index (χ0n) is 13.6. The first-order valence-electron chi connectivity index (χ1n) is 7.70. The molecular weight excluding hydrogens is 278 g/mol. The lowest BCUT2D eigenvalue weighted by molar-refractivity contribution is 0.303. The van der Waals surface area contributed by atoms with Gasteiger partial charge >= 0.3 is 0 Å². The van der Waals surface area contributed by atoms with Crippen molar-refractivity contribution in [3.8, 4) is 0 Å². The first-order chi connectivity index (χ1) is 10.2. The number of hydrogen-bond acceptors (Lipinski definition) is 5. The average molecular weight is 301 g/mol. The van der Waals surface area contributed by atoms with Crippen molar-refractivity contribution >= 4 is 11.4 Å². The van der Waals surface area contributed by atoms with E-state index in [1.165, 1.54) is 0 Å². The van der Waals surface area contributed by atoms with Gasteiger partial charge in [0, 0.05) is 11.1 Å². The summed E-state index contributed by atoms with van der Waals surface area (Å²) in [6, 6.07) is 1.99. The zero-order chi connectivity index (χ0) is 16.1. The Labute approximate surface area is 130 Å². The molecule has 0 atom stereocenters. The summed E-state index contributed by atoms with van der Waals surface area (Å²) in [6.07, 6.45) is 3.16. The molecule has 2 N–H and O–H groups in total. The third-order valence-electron chi connectivity index (χ3n) is 4.63. The van der Waals surface area contributed by atoms with Crippen LogP contribution in [0.2, 0.25) is 0 Å². The van der Waals surface area contributed by atoms with E-state index in [2.05, 4.69) is 38.0 Å². The Morgan fingerprint density at radius 1 is 0.818 bits per heavy atom. The van der Waals surface area contributed by atoms with Crippen LogP contribution in [0.3, 0.4) is 0 Å². The third-order valence-corrected chi connectivity index (χ3v) is 4.63. The SMILES string of the molecule is CC1(C)CC(=NO)c2cc3c(nc2C1)CC(C)(C)CC3=NO. The van der Waals surface area contributed by atoms with Gasteiger partial charge in [0.1, 0.15) is 0 Å². The van der Waals surface area contributed by atoms with Crippen molar-refractivity contribution in [1.82, 2.24) is 4.98 Å². The zero-order valence-corrected chi connectivity index (χ0v) is 13.6. The van der Waals surface area contributed by atoms with Crippen molar-refractivity contribution in [2.75, 3.05) is 0 Å². The summed E-state index contributed by atoms with van der Waals surface area (Å²) in [4.78, 5) is 4.86. The molecule has 1 aromatic rings. The van der Waals surface area contributed by atoms with Gasteiger partial charge in [-0.25, -0.2) is 0 Å². The molecular formula is C17H23N3O2. The van der Waals surface area contributed by atoms with Crippen molar-refractivity contribution in [1.29, 1.82) is 0 Å². The first-order valence-corrected chi connectivity index (χ1v) is 7.70. The minimum atomic E-state index is 0.0356. The lowest BCUT2D eigenvalue weighted by atomic mass is 9.72. The van der Waals surface area contributed by atoms with Crippen molar-refractivity contribution in [2.24, 2.45) is 21.1 Å². The second kappa shape index (κ2) is 4.80. The minimum Gasteiger partial charge on any atom is -0.411 e. The van der Waals surface area contributed by atoms with Crippen LogP contribution in [0.15, 0.2) is 16.4 Å². The highest BCUT2D eigenvalue weighted by Crippen LogP contribution is 2.39. The summed E-state index contributed by atoms with van der Waals surface area (Å²) in [7, 11) is 0. The van der Waals surface area contributed by atoms with Gasteiger partial charge < -0.3 is 10.4 Å². The summed E-state index contributed by atoms with van der Waals surface area (Å²) >= 11 is 0. The van der Waals surface area contributed by atoms with Crippen LogP contribution in [0.4, 0.5) is 0 Å². The van der Waals surface area contributed by atoms with Gasteiger partial charge in [-0.15, -0.1) is 0 Å². The van der Waals surface area contributed by atoms with E-state index in [1.54, 1.807) is 0 Å². The number of fused-ring (bicyclic) bond motifs is 2. The lowest BCUT2D eigenvalue weighted by Crippen LogP contribution is -2.33. The Bertz CT molecular complexity index is 632. The van der Waals surface area contributed by atoms with Crippen LogP contribution >= 0.6 is 0 Å². The molecule has 1 aromatic heterocycles. The highest BCUT2D eigenvalue weighted by atomic mass is 16.4. The van der Waals surface area contributed by atoms with Crippen LogP contribution in [0.1, 0.15) is 63.1 Å². The van der Waals surface area contributed by atoms with Crippen molar-refractivity contribution in [3.05, 3.63) is 28.6 Å². The van der Waals surface area contributed by atoms with Crippen LogP contribution in [0, 0.1) is 10.8 Å². The van der Waals surface area contributed by atoms with E-state index < -0.39 is 0 Å². The fourth-order valence-electron chi connectivity index (χ4n) is 3.67. The molecule has 5 nitrogen and oxygen atoms in total. The Morgan fingerprint density at radius 3 is 1.59 bits per heavy atom. The van der Waals surface area contributed by atoms with Gasteiger partial charge in [0.2, 0.25) is 0 Å². The fraction of sp³-hybridized carbons (Fsp3) is 0.588. The topological polar surface area (TPSA) is 78.1 Å². The predicted molar refractivity (Wildman–Crippen MR) is 85.1 cm³/mol. The van der Waals surface area contributed by atoms with Gasteiger partial charge in [-0.3, -0.25) is 4.98 Å². The summed E-state index contributed by atoms with van der Waals surface area (Å²) in [5, 5.41) is 25.7. The lowest BCUT2D eigenvalue weighted by Gasteiger charge is -2.35. The van der Waals surface area contributed by atoms with Crippen LogP contribution in [0.5, 0.6) is 0 Å². The fourth-order valence-corrected chi connectivity index (χ4v) is 3.67. The van der Waals surface area contributed by atoms with Gasteiger partial charge in [0.25, 0.3) is 0 Å². The normalized spacial score (nSPS) is 25.8. The van der Waals surface area contributed by atoms with E-state index in [4.69, 9.17) is 4.98 Å². The molecule has 3 rings (SSSR count). The molecule has 0 amide bonds. The van der Waals surface area contributed by atoms with Gasteiger partial charge in [0.05, 0.1) is 22.8 Å². The Hall–Kier alpha value is -1.91. The van der Waals surface area contributed by atoms with Crippen LogP contribution < -0.4 is 0 Å². The molecule has 0 saturated carbocycles. The number of hydrogen-bond donors (Lipinski definition) is 2. The number of rotatable bonds is 0. The Morgan fingerprint density at radius 2 is 1.23 bits per heavy atom. The van der Waals surface area contributed by atoms with E-state index in [1.807, 2.05) is 6.07 Å². The maximum absolute atomic E-state index is 9.36. The maximum atomic E-state index is 9.36. The summed E-state index contributed by atoms with van der Waals surface area (Å²) < 4.78 is 0. The second-order valence-corrected chi connectivity index (χ2v) is 8.11. The number of pyridine rings is 1. The average Bonchev–Trinajstić information content (AvgIpc) is 2.41. The van der Waals surface area contributed by atoms with Gasteiger partial charge in [0.15, 0.2) is 0 Å². The van der Waals surface area contributed by atoms with Crippen molar-refractivity contribution < 1.29 is 10.4 Å². The first kappa shape index (κ1) is 15.0. The van der Waals surface area contributed by atoms with Crippen molar-refractivity contribution in [3.63, 3.8) is 0 Å². The van der Waals surface area contributed by atoms with Crippen molar-refractivity contribution in [2.45, 2.75) is 53.4 Å². The number of aromatic nitrogens is 1. The van der Waals surface area contributed by atoms with Crippen LogP contribution in [-0.2, 0) is 12.8 Å². The van der Waals surface area contributed by atoms with E-state index >= 15 is 0 Å². The molecule has 5 heteroatoms. The predicted octanol–water partition coefficient (Wildman–Crippen LogP) is 3.38. The van der Waals surface area contributed by atoms with E-state index in [9.17, 15) is 10.4 Å². The molecule has 0 saturated heterocycles. The largest absolute Gasteiger partial charge is 0.411 e. The summed E-state index contributed by atoms with van der Waals surface area (Å²) in [5.74, 6) is 0. The molecule has 1 heterocycles. The van der Waals surface area contributed by atoms with Gasteiger partial charge in [-0.2, -0.15) is 0 Å². The second-order valence-electron chi connectivity index (χ2n) is 8.11. The standard InChI is InChI=1S/C17H23N3O2/c1-16(2)6-12-10(14(8-16)19-21)5-11-13(18-12)7-17(3,4)9-15(11)20-22/h5,21-22H,6-9H2,1-4H3. The van der Waals surface area contributed by atoms with Crippen LogP contribution in [-0.4, -0.2) is 26.8 Å². The molecule has 0 radical (unpaired) electrons. The molecule has 0 bridgehead atoms. The highest BCUT2D eigenvalue weighted by molar-refractivity contribution is 6.07. The molecule has 2 aliphatic carbocycles. The monoisotopic (exact) mass is 301 g/mol. The van der Waals surface area contributed by atoms with E-state index in [0.29, 0.717) is 24.3 Å².